The number of hydrogen-bond acceptors (Lipinski definition) is 2. The van der Waals surface area contributed by atoms with Gasteiger partial charge < -0.3 is 10.0 Å². The van der Waals surface area contributed by atoms with Gasteiger partial charge in [-0.2, -0.15) is 0 Å². The van der Waals surface area contributed by atoms with E-state index < -0.39 is 6.10 Å². The second kappa shape index (κ2) is 4.55. The number of aliphatic hydroxyl groups excluding tert-OH is 1. The Morgan fingerprint density at radius 1 is 1.50 bits per heavy atom. The van der Waals surface area contributed by atoms with Crippen molar-refractivity contribution in [3.63, 3.8) is 0 Å². The molecular weight excluding hydrogens is 270 g/mol. The minimum atomic E-state index is -0.478. The summed E-state index contributed by atoms with van der Waals surface area (Å²) in [6.45, 7) is 0. The summed E-state index contributed by atoms with van der Waals surface area (Å²) in [6, 6.07) is 5.78. The lowest BCUT2D eigenvalue weighted by molar-refractivity contribution is -0.118. The molecule has 0 aromatic heterocycles. The number of anilines is 1. The maximum absolute atomic E-state index is 11.5. The van der Waals surface area contributed by atoms with E-state index in [1.54, 1.807) is 11.9 Å². The number of carbonyl (C=O) groups is 1. The summed E-state index contributed by atoms with van der Waals surface area (Å²) in [7, 11) is 1.79. The van der Waals surface area contributed by atoms with Crippen molar-refractivity contribution in [2.75, 3.05) is 17.3 Å². The molecule has 1 aromatic carbocycles. The third-order valence-electron chi connectivity index (χ3n) is 2.98. The molecule has 0 fully saturated rings. The molecule has 1 amide bonds. The number of nitrogens with zero attached hydrogens (tertiary/aromatic N) is 1. The highest BCUT2D eigenvalue weighted by atomic mass is 79.9. The molecule has 3 nitrogen and oxygen atoms in total. The Hall–Kier alpha value is -0.870. The Bertz CT molecular complexity index is 419. The van der Waals surface area contributed by atoms with Crippen LogP contribution in [0.5, 0.6) is 0 Å². The number of rotatable bonds is 2. The maximum atomic E-state index is 11.5. The maximum Gasteiger partial charge on any atom is 0.227 e. The highest BCUT2D eigenvalue weighted by Gasteiger charge is 2.21. The number of benzene rings is 1. The molecule has 1 N–H and O–H groups in total. The molecule has 1 aliphatic rings. The van der Waals surface area contributed by atoms with E-state index in [4.69, 9.17) is 0 Å². The molecular formula is C12H14BrNO2. The normalized spacial score (nSPS) is 17.2. The molecule has 0 bridgehead atoms. The van der Waals surface area contributed by atoms with Crippen molar-refractivity contribution < 1.29 is 9.90 Å². The average molecular weight is 284 g/mol. The minimum Gasteiger partial charge on any atom is -0.388 e. The quantitative estimate of drug-likeness (QED) is 0.844. The van der Waals surface area contributed by atoms with Crippen molar-refractivity contribution in [3.05, 3.63) is 29.3 Å². The minimum absolute atomic E-state index is 0.154. The molecule has 1 unspecified atom stereocenters. The van der Waals surface area contributed by atoms with Crippen molar-refractivity contribution in [2.45, 2.75) is 18.9 Å². The molecule has 2 rings (SSSR count). The van der Waals surface area contributed by atoms with Crippen molar-refractivity contribution in [1.29, 1.82) is 0 Å². The molecule has 0 saturated heterocycles. The lowest BCUT2D eigenvalue weighted by atomic mass is 9.97. The summed E-state index contributed by atoms with van der Waals surface area (Å²) in [5.41, 5.74) is 3.00. The zero-order valence-electron chi connectivity index (χ0n) is 9.11. The molecule has 0 aliphatic carbocycles. The molecule has 1 aromatic rings. The highest BCUT2D eigenvalue weighted by molar-refractivity contribution is 9.09. The summed E-state index contributed by atoms with van der Waals surface area (Å²) < 4.78 is 0. The number of carbonyl (C=O) groups excluding carboxylic acids is 1. The fourth-order valence-electron chi connectivity index (χ4n) is 1.97. The van der Waals surface area contributed by atoms with Crippen LogP contribution in [0.1, 0.15) is 23.7 Å². The molecule has 0 spiro atoms. The first-order valence-corrected chi connectivity index (χ1v) is 6.39. The van der Waals surface area contributed by atoms with Crippen LogP contribution >= 0.6 is 15.9 Å². The van der Waals surface area contributed by atoms with Gasteiger partial charge in [-0.05, 0) is 23.6 Å². The van der Waals surface area contributed by atoms with Gasteiger partial charge in [-0.25, -0.2) is 0 Å². The van der Waals surface area contributed by atoms with Gasteiger partial charge in [0.15, 0.2) is 0 Å². The van der Waals surface area contributed by atoms with Crippen LogP contribution in [0.25, 0.3) is 0 Å². The van der Waals surface area contributed by atoms with Gasteiger partial charge in [-0.15, -0.1) is 0 Å². The van der Waals surface area contributed by atoms with Crippen molar-refractivity contribution in [1.82, 2.24) is 0 Å². The van der Waals surface area contributed by atoms with Gasteiger partial charge in [0.2, 0.25) is 5.91 Å². The van der Waals surface area contributed by atoms with Crippen LogP contribution in [0.2, 0.25) is 0 Å². The predicted molar refractivity (Wildman–Crippen MR) is 66.9 cm³/mol. The number of fused-ring (bicyclic) bond motifs is 1. The molecule has 16 heavy (non-hydrogen) atoms. The Morgan fingerprint density at radius 3 is 2.94 bits per heavy atom. The van der Waals surface area contributed by atoms with Crippen LogP contribution in [-0.4, -0.2) is 23.4 Å². The smallest absolute Gasteiger partial charge is 0.227 e. The zero-order valence-corrected chi connectivity index (χ0v) is 10.7. The number of aliphatic hydroxyl groups is 1. The predicted octanol–water partition coefficient (Wildman–Crippen LogP) is 2.02. The van der Waals surface area contributed by atoms with E-state index >= 15 is 0 Å². The SMILES string of the molecule is CN1C(=O)CCc2cc(C(O)CBr)ccc21. The van der Waals surface area contributed by atoms with Crippen LogP contribution in [0.15, 0.2) is 18.2 Å². The van der Waals surface area contributed by atoms with E-state index in [9.17, 15) is 9.90 Å². The van der Waals surface area contributed by atoms with Gasteiger partial charge in [0.25, 0.3) is 0 Å². The monoisotopic (exact) mass is 283 g/mol. The van der Waals surface area contributed by atoms with Gasteiger partial charge in [0.05, 0.1) is 6.10 Å². The molecule has 0 saturated carbocycles. The van der Waals surface area contributed by atoms with E-state index in [0.29, 0.717) is 11.8 Å². The molecule has 86 valence electrons. The third-order valence-corrected chi connectivity index (χ3v) is 3.59. The van der Waals surface area contributed by atoms with Crippen LogP contribution in [0, 0.1) is 0 Å². The Kier molecular flexibility index (Phi) is 3.30. The number of halogens is 1. The Balaban J connectivity index is 2.37. The fraction of sp³-hybridized carbons (Fsp3) is 0.417. The molecule has 1 aliphatic heterocycles. The van der Waals surface area contributed by atoms with Crippen molar-refractivity contribution in [3.8, 4) is 0 Å². The van der Waals surface area contributed by atoms with E-state index in [1.807, 2.05) is 18.2 Å². The second-order valence-electron chi connectivity index (χ2n) is 4.01. The first-order chi connectivity index (χ1) is 7.63. The van der Waals surface area contributed by atoms with Crippen molar-refractivity contribution >= 4 is 27.5 Å². The third kappa shape index (κ3) is 1.99. The van der Waals surface area contributed by atoms with Gasteiger partial charge >= 0.3 is 0 Å². The Morgan fingerprint density at radius 2 is 2.25 bits per heavy atom. The van der Waals surface area contributed by atoms with Crippen LogP contribution in [-0.2, 0) is 11.2 Å². The van der Waals surface area contributed by atoms with Crippen LogP contribution in [0.4, 0.5) is 5.69 Å². The first kappa shape index (κ1) is 11.6. The summed E-state index contributed by atoms with van der Waals surface area (Å²) in [4.78, 5) is 13.2. The lowest BCUT2D eigenvalue weighted by Crippen LogP contribution is -2.31. The standard InChI is InChI=1S/C12H14BrNO2/c1-14-10-4-2-9(11(15)7-13)6-8(10)3-5-12(14)16/h2,4,6,11,15H,3,5,7H2,1H3. The Labute approximate surface area is 103 Å². The zero-order chi connectivity index (χ0) is 11.7. The number of alkyl halides is 1. The lowest BCUT2D eigenvalue weighted by Gasteiger charge is -2.26. The topological polar surface area (TPSA) is 40.5 Å². The number of amides is 1. The summed E-state index contributed by atoms with van der Waals surface area (Å²) in [5.74, 6) is 0.154. The van der Waals surface area contributed by atoms with Crippen LogP contribution < -0.4 is 4.90 Å². The fourth-order valence-corrected chi connectivity index (χ4v) is 2.35. The van der Waals surface area contributed by atoms with Gasteiger partial charge in [0, 0.05) is 24.5 Å². The summed E-state index contributed by atoms with van der Waals surface area (Å²) in [5, 5.41) is 10.2. The van der Waals surface area contributed by atoms with Gasteiger partial charge in [-0.3, -0.25) is 4.79 Å². The second-order valence-corrected chi connectivity index (χ2v) is 4.66. The van der Waals surface area contributed by atoms with E-state index in [0.717, 1.165) is 23.2 Å². The summed E-state index contributed by atoms with van der Waals surface area (Å²) in [6.07, 6.45) is 0.840. The van der Waals surface area contributed by atoms with Gasteiger partial charge in [-0.1, -0.05) is 28.1 Å². The molecule has 1 heterocycles. The van der Waals surface area contributed by atoms with Crippen LogP contribution in [0.3, 0.4) is 0 Å². The largest absolute Gasteiger partial charge is 0.388 e. The van der Waals surface area contributed by atoms with Gasteiger partial charge in [0.1, 0.15) is 0 Å². The summed E-state index contributed by atoms with van der Waals surface area (Å²) >= 11 is 3.25. The first-order valence-electron chi connectivity index (χ1n) is 5.27. The van der Waals surface area contributed by atoms with Crippen molar-refractivity contribution in [2.24, 2.45) is 0 Å². The molecule has 0 radical (unpaired) electrons. The van der Waals surface area contributed by atoms with E-state index in [-0.39, 0.29) is 5.91 Å². The molecule has 4 heteroatoms. The highest BCUT2D eigenvalue weighted by Crippen LogP contribution is 2.29. The molecule has 1 atom stereocenters. The number of hydrogen-bond donors (Lipinski definition) is 1. The average Bonchev–Trinajstić information content (AvgIpc) is 2.32. The van der Waals surface area contributed by atoms with E-state index in [2.05, 4.69) is 15.9 Å². The van der Waals surface area contributed by atoms with E-state index in [1.165, 1.54) is 0 Å². The number of aryl methyl sites for hydroxylation is 1.